The smallest absolute Gasteiger partial charge is 0.305 e. The highest BCUT2D eigenvalue weighted by Crippen LogP contribution is 2.18. The van der Waals surface area contributed by atoms with Crippen molar-refractivity contribution in [1.29, 1.82) is 0 Å². The molecule has 2 atom stereocenters. The summed E-state index contributed by atoms with van der Waals surface area (Å²) in [6, 6.07) is -0.629. The number of carbonyl (C=O) groups is 2. The van der Waals surface area contributed by atoms with Crippen LogP contribution < -0.4 is 5.32 Å². The van der Waals surface area contributed by atoms with Crippen LogP contribution in [0.5, 0.6) is 0 Å². The predicted octanol–water partition coefficient (Wildman–Crippen LogP) is 21.9. The van der Waals surface area contributed by atoms with Crippen molar-refractivity contribution in [2.45, 2.75) is 386 Å². The molecule has 0 radical (unpaired) electrons. The molecule has 0 aromatic carbocycles. The molecule has 0 spiro atoms. The summed E-state index contributed by atoms with van der Waals surface area (Å²) < 4.78 is 5.48. The molecule has 76 heavy (non-hydrogen) atoms. The average molecular weight is 1070 g/mol. The van der Waals surface area contributed by atoms with Gasteiger partial charge < -0.3 is 20.3 Å². The minimum atomic E-state index is -0.846. The number of rotatable bonds is 64. The van der Waals surface area contributed by atoms with Crippen molar-refractivity contribution < 1.29 is 24.5 Å². The third kappa shape index (κ3) is 61.3. The maximum Gasteiger partial charge on any atom is 0.305 e. The number of hydrogen-bond acceptors (Lipinski definition) is 5. The van der Waals surface area contributed by atoms with Crippen LogP contribution in [0.2, 0.25) is 0 Å². The number of allylic oxidation sites excluding steroid dienone is 5. The van der Waals surface area contributed by atoms with Crippen LogP contribution in [0.4, 0.5) is 0 Å². The van der Waals surface area contributed by atoms with Gasteiger partial charge in [0.2, 0.25) is 5.91 Å². The Labute approximate surface area is 474 Å². The number of unbranched alkanes of at least 4 members (excludes halogenated alkanes) is 49. The Balaban J connectivity index is 3.41. The molecule has 0 bridgehead atoms. The zero-order chi connectivity index (χ0) is 55.0. The van der Waals surface area contributed by atoms with Crippen molar-refractivity contribution in [3.63, 3.8) is 0 Å². The van der Waals surface area contributed by atoms with Crippen molar-refractivity contribution in [2.75, 3.05) is 13.2 Å². The lowest BCUT2D eigenvalue weighted by Crippen LogP contribution is -2.45. The van der Waals surface area contributed by atoms with E-state index in [1.807, 2.05) is 6.08 Å². The third-order valence-electron chi connectivity index (χ3n) is 15.9. The Morgan fingerprint density at radius 1 is 0.368 bits per heavy atom. The van der Waals surface area contributed by atoms with Gasteiger partial charge >= 0.3 is 5.97 Å². The molecule has 6 nitrogen and oxygen atoms in total. The highest BCUT2D eigenvalue weighted by Gasteiger charge is 2.18. The van der Waals surface area contributed by atoms with Gasteiger partial charge in [-0.1, -0.05) is 333 Å². The van der Waals surface area contributed by atoms with E-state index in [1.165, 1.54) is 295 Å². The van der Waals surface area contributed by atoms with E-state index in [-0.39, 0.29) is 18.5 Å². The second-order valence-corrected chi connectivity index (χ2v) is 23.5. The lowest BCUT2D eigenvalue weighted by atomic mass is 10.0. The molecule has 0 aliphatic carbocycles. The molecule has 2 unspecified atom stereocenters. The quantitative estimate of drug-likeness (QED) is 0.0320. The number of ether oxygens (including phenoxy) is 1. The largest absolute Gasteiger partial charge is 0.466 e. The standard InChI is InChI=1S/C70H133NO5/c1-3-5-7-9-11-13-15-17-19-20-21-25-28-31-35-38-42-46-50-54-58-62-68(73)67(66-72)71-69(74)63-59-55-51-47-43-39-36-32-29-26-23-22-24-27-30-33-37-41-45-49-53-57-61-65-76-70(75)64-60-56-52-48-44-40-34-18-16-14-12-10-8-6-4-2/h12,14,18,34,58,62,67-68,72-73H,3-11,13,15-17,19-33,35-57,59-61,63-66H2,1-2H3,(H,71,74)/b14-12-,34-18-,62-58+. The molecule has 3 N–H and O–H groups in total. The normalized spacial score (nSPS) is 12.7. The lowest BCUT2D eigenvalue weighted by Gasteiger charge is -2.20. The van der Waals surface area contributed by atoms with E-state index in [9.17, 15) is 19.8 Å². The molecule has 0 aromatic heterocycles. The van der Waals surface area contributed by atoms with Gasteiger partial charge in [0.15, 0.2) is 0 Å². The number of aliphatic hydroxyl groups is 2. The second kappa shape index (κ2) is 65.6. The number of nitrogens with one attached hydrogen (secondary N) is 1. The molecule has 0 fully saturated rings. The summed E-state index contributed by atoms with van der Waals surface area (Å²) in [5.41, 5.74) is 0. The first-order chi connectivity index (χ1) is 37.5. The number of amides is 1. The maximum atomic E-state index is 12.5. The number of hydrogen-bond donors (Lipinski definition) is 3. The van der Waals surface area contributed by atoms with Crippen molar-refractivity contribution in [2.24, 2.45) is 0 Å². The van der Waals surface area contributed by atoms with Crippen LogP contribution in [-0.4, -0.2) is 47.4 Å². The van der Waals surface area contributed by atoms with E-state index < -0.39 is 12.1 Å². The first kappa shape index (κ1) is 74.1. The van der Waals surface area contributed by atoms with Gasteiger partial charge in [-0.3, -0.25) is 9.59 Å². The lowest BCUT2D eigenvalue weighted by molar-refractivity contribution is -0.143. The minimum Gasteiger partial charge on any atom is -0.466 e. The third-order valence-corrected chi connectivity index (χ3v) is 15.9. The Bertz CT molecular complexity index is 1230. The van der Waals surface area contributed by atoms with E-state index in [0.717, 1.165) is 51.4 Å². The summed E-state index contributed by atoms with van der Waals surface area (Å²) in [7, 11) is 0. The highest BCUT2D eigenvalue weighted by atomic mass is 16.5. The zero-order valence-electron chi connectivity index (χ0n) is 51.3. The fourth-order valence-corrected chi connectivity index (χ4v) is 10.7. The van der Waals surface area contributed by atoms with E-state index in [2.05, 4.69) is 43.5 Å². The molecular formula is C70H133NO5. The summed E-state index contributed by atoms with van der Waals surface area (Å²) >= 11 is 0. The molecule has 0 heterocycles. The topological polar surface area (TPSA) is 95.9 Å². The van der Waals surface area contributed by atoms with E-state index >= 15 is 0 Å². The van der Waals surface area contributed by atoms with Crippen LogP contribution >= 0.6 is 0 Å². The average Bonchev–Trinajstić information content (AvgIpc) is 3.42. The Morgan fingerprint density at radius 3 is 1.03 bits per heavy atom. The van der Waals surface area contributed by atoms with Gasteiger partial charge in [-0.05, 0) is 64.2 Å². The van der Waals surface area contributed by atoms with Gasteiger partial charge in [0.25, 0.3) is 0 Å². The van der Waals surface area contributed by atoms with Crippen molar-refractivity contribution in [3.8, 4) is 0 Å². The van der Waals surface area contributed by atoms with Gasteiger partial charge in [-0.15, -0.1) is 0 Å². The van der Waals surface area contributed by atoms with Crippen LogP contribution in [0.15, 0.2) is 36.5 Å². The van der Waals surface area contributed by atoms with Gasteiger partial charge in [0.1, 0.15) is 0 Å². The molecule has 0 aliphatic heterocycles. The SMILES string of the molecule is CCCCC/C=C\C/C=C\CCCCCCCC(=O)OCCCCCCCCCCCCCCCCCCCCCCCCCC(=O)NC(CO)C(O)/C=C/CCCCCCCCCCCCCCCCCCCCC. The van der Waals surface area contributed by atoms with Crippen molar-refractivity contribution in [3.05, 3.63) is 36.5 Å². The Kier molecular flexibility index (Phi) is 63.9. The first-order valence-electron chi connectivity index (χ1n) is 34.3. The molecule has 1 amide bonds. The molecular weight excluding hydrogens is 935 g/mol. The minimum absolute atomic E-state index is 0.000306. The van der Waals surface area contributed by atoms with E-state index in [4.69, 9.17) is 4.74 Å². The summed E-state index contributed by atoms with van der Waals surface area (Å²) in [6.45, 7) is 4.90. The van der Waals surface area contributed by atoms with Crippen molar-refractivity contribution in [1.82, 2.24) is 5.32 Å². The molecule has 0 saturated carbocycles. The summed E-state index contributed by atoms with van der Waals surface area (Å²) in [4.78, 5) is 24.6. The zero-order valence-corrected chi connectivity index (χ0v) is 51.3. The molecule has 6 heteroatoms. The van der Waals surface area contributed by atoms with Crippen LogP contribution in [0.3, 0.4) is 0 Å². The number of aliphatic hydroxyl groups excluding tert-OH is 2. The monoisotopic (exact) mass is 1070 g/mol. The molecule has 448 valence electrons. The first-order valence-corrected chi connectivity index (χ1v) is 34.3. The van der Waals surface area contributed by atoms with Gasteiger partial charge in [0.05, 0.1) is 25.4 Å². The van der Waals surface area contributed by atoms with Crippen LogP contribution in [0, 0.1) is 0 Å². The number of esters is 1. The molecule has 0 aromatic rings. The Hall–Kier alpha value is -1.92. The van der Waals surface area contributed by atoms with Gasteiger partial charge in [-0.2, -0.15) is 0 Å². The predicted molar refractivity (Wildman–Crippen MR) is 333 cm³/mol. The number of carbonyl (C=O) groups excluding carboxylic acids is 2. The van der Waals surface area contributed by atoms with Gasteiger partial charge in [-0.25, -0.2) is 0 Å². The summed E-state index contributed by atoms with van der Waals surface area (Å²) in [6.07, 6.45) is 83.5. The van der Waals surface area contributed by atoms with E-state index in [0.29, 0.717) is 19.4 Å². The fourth-order valence-electron chi connectivity index (χ4n) is 10.7. The fraction of sp³-hybridized carbons (Fsp3) is 0.886. The van der Waals surface area contributed by atoms with Gasteiger partial charge in [0, 0.05) is 12.8 Å². The van der Waals surface area contributed by atoms with Crippen molar-refractivity contribution >= 4 is 11.9 Å². The summed E-state index contributed by atoms with van der Waals surface area (Å²) in [5.74, 6) is -0.0639. The van der Waals surface area contributed by atoms with Crippen LogP contribution in [0.1, 0.15) is 373 Å². The van der Waals surface area contributed by atoms with Crippen LogP contribution in [0.25, 0.3) is 0 Å². The molecule has 0 aliphatic rings. The van der Waals surface area contributed by atoms with Crippen LogP contribution in [-0.2, 0) is 14.3 Å². The summed E-state index contributed by atoms with van der Waals surface area (Å²) in [5, 5.41) is 23.2. The van der Waals surface area contributed by atoms with E-state index in [1.54, 1.807) is 6.08 Å². The second-order valence-electron chi connectivity index (χ2n) is 23.5. The maximum absolute atomic E-state index is 12.5. The molecule has 0 saturated heterocycles. The molecule has 0 rings (SSSR count). The Morgan fingerprint density at radius 2 is 0.658 bits per heavy atom. The highest BCUT2D eigenvalue weighted by molar-refractivity contribution is 5.76.